The molecule has 0 radical (unpaired) electrons. The number of aromatic nitrogens is 1. The predicted octanol–water partition coefficient (Wildman–Crippen LogP) is 5.62. The number of carbonyl (C=O) groups is 1. The Balaban J connectivity index is 1.84. The van der Waals surface area contributed by atoms with Crippen molar-refractivity contribution in [1.82, 2.24) is 4.57 Å². The van der Waals surface area contributed by atoms with Gasteiger partial charge in [-0.3, -0.25) is 0 Å². The number of carboxylic acids is 1. The van der Waals surface area contributed by atoms with Crippen LogP contribution in [-0.4, -0.2) is 33.0 Å². The van der Waals surface area contributed by atoms with Gasteiger partial charge in [-0.05, 0) is 43.9 Å². The predicted molar refractivity (Wildman–Crippen MR) is 115 cm³/mol. The minimum Gasteiger partial charge on any atom is -0.507 e. The quantitative estimate of drug-likeness (QED) is 0.470. The van der Waals surface area contributed by atoms with Gasteiger partial charge in [-0.1, -0.05) is 13.8 Å². The highest BCUT2D eigenvalue weighted by Crippen LogP contribution is 2.56. The molecular formula is C25H23F4NO4. The number of phenols is 1. The third-order valence-electron chi connectivity index (χ3n) is 7.21. The summed E-state index contributed by atoms with van der Waals surface area (Å²) in [5.74, 6) is -4.76. The lowest BCUT2D eigenvalue weighted by molar-refractivity contribution is -0.165. The van der Waals surface area contributed by atoms with Gasteiger partial charge in [0.2, 0.25) is 5.67 Å². The third-order valence-corrected chi connectivity index (χ3v) is 7.21. The summed E-state index contributed by atoms with van der Waals surface area (Å²) in [5, 5.41) is 20.4. The SMILES string of the molecule is CC1(C)COC2(CCC(F)(C(=O)O)CC2)c2c1n(-c1ccc(F)c(F)c1)c1cc(F)cc(O)c21. The maximum atomic E-state index is 14.9. The van der Waals surface area contributed by atoms with Crippen molar-refractivity contribution in [3.8, 4) is 11.4 Å². The summed E-state index contributed by atoms with van der Waals surface area (Å²) in [7, 11) is 0. The van der Waals surface area contributed by atoms with Crippen LogP contribution in [-0.2, 0) is 20.5 Å². The lowest BCUT2D eigenvalue weighted by Crippen LogP contribution is -2.49. The molecule has 1 aliphatic heterocycles. The van der Waals surface area contributed by atoms with Crippen molar-refractivity contribution in [3.05, 3.63) is 59.0 Å². The van der Waals surface area contributed by atoms with E-state index in [9.17, 15) is 32.6 Å². The molecule has 2 aliphatic rings. The first-order chi connectivity index (χ1) is 15.9. The van der Waals surface area contributed by atoms with Gasteiger partial charge in [0, 0.05) is 39.9 Å². The average molecular weight is 477 g/mol. The molecule has 1 aliphatic carbocycles. The van der Waals surface area contributed by atoms with Crippen molar-refractivity contribution in [3.63, 3.8) is 0 Å². The summed E-state index contributed by atoms with van der Waals surface area (Å²) >= 11 is 0. The highest BCUT2D eigenvalue weighted by atomic mass is 19.2. The van der Waals surface area contributed by atoms with E-state index in [1.807, 2.05) is 13.8 Å². The normalized spacial score (nSPS) is 26.1. The smallest absolute Gasteiger partial charge is 0.341 e. The molecule has 1 saturated carbocycles. The first-order valence-corrected chi connectivity index (χ1v) is 11.0. The topological polar surface area (TPSA) is 71.7 Å². The monoisotopic (exact) mass is 477 g/mol. The molecule has 0 atom stereocenters. The summed E-state index contributed by atoms with van der Waals surface area (Å²) in [4.78, 5) is 11.5. The Morgan fingerprint density at radius 2 is 1.71 bits per heavy atom. The molecule has 1 spiro atoms. The number of benzene rings is 2. The summed E-state index contributed by atoms with van der Waals surface area (Å²) in [5.41, 5.74) is -2.72. The lowest BCUT2D eigenvalue weighted by atomic mass is 9.68. The minimum atomic E-state index is -2.39. The summed E-state index contributed by atoms with van der Waals surface area (Å²) in [6.07, 6.45) is -0.566. The largest absolute Gasteiger partial charge is 0.507 e. The molecule has 3 aromatic rings. The van der Waals surface area contributed by atoms with Crippen molar-refractivity contribution < 1.29 is 37.3 Å². The van der Waals surface area contributed by atoms with Gasteiger partial charge in [0.05, 0.1) is 17.7 Å². The van der Waals surface area contributed by atoms with E-state index in [0.717, 1.165) is 18.2 Å². The van der Waals surface area contributed by atoms with Gasteiger partial charge in [-0.25, -0.2) is 22.4 Å². The Morgan fingerprint density at radius 1 is 1.03 bits per heavy atom. The number of ether oxygens (including phenoxy) is 1. The molecule has 2 N–H and O–H groups in total. The molecule has 0 bridgehead atoms. The second kappa shape index (κ2) is 7.21. The Hall–Kier alpha value is -3.07. The Kier molecular flexibility index (Phi) is 4.82. The van der Waals surface area contributed by atoms with E-state index in [0.29, 0.717) is 11.3 Å². The van der Waals surface area contributed by atoms with Crippen molar-refractivity contribution in [2.45, 2.75) is 56.2 Å². The lowest BCUT2D eigenvalue weighted by Gasteiger charge is -2.48. The summed E-state index contributed by atoms with van der Waals surface area (Å²) < 4.78 is 65.2. The van der Waals surface area contributed by atoms with Gasteiger partial charge < -0.3 is 19.5 Å². The van der Waals surface area contributed by atoms with Gasteiger partial charge >= 0.3 is 5.97 Å². The highest BCUT2D eigenvalue weighted by molar-refractivity contribution is 5.94. The van der Waals surface area contributed by atoms with Crippen molar-refractivity contribution in [2.24, 2.45) is 0 Å². The van der Waals surface area contributed by atoms with Crippen molar-refractivity contribution >= 4 is 16.9 Å². The molecule has 2 heterocycles. The van der Waals surface area contributed by atoms with Gasteiger partial charge in [-0.2, -0.15) is 0 Å². The zero-order valence-corrected chi connectivity index (χ0v) is 18.6. The van der Waals surface area contributed by atoms with Crippen LogP contribution in [0.25, 0.3) is 16.6 Å². The molecule has 2 aromatic carbocycles. The second-order valence-corrected chi connectivity index (χ2v) is 9.91. The fourth-order valence-corrected chi connectivity index (χ4v) is 5.46. The van der Waals surface area contributed by atoms with Crippen LogP contribution in [0, 0.1) is 17.5 Å². The molecule has 1 aromatic heterocycles. The Labute approximate surface area is 192 Å². The van der Waals surface area contributed by atoms with Crippen LogP contribution in [0.4, 0.5) is 17.6 Å². The average Bonchev–Trinajstić information content (AvgIpc) is 3.12. The first-order valence-electron chi connectivity index (χ1n) is 11.0. The number of carboxylic acid groups (broad SMARTS) is 1. The fourth-order valence-electron chi connectivity index (χ4n) is 5.46. The molecule has 5 nitrogen and oxygen atoms in total. The van der Waals surface area contributed by atoms with Crippen LogP contribution in [0.2, 0.25) is 0 Å². The molecule has 9 heteroatoms. The number of nitrogens with zero attached hydrogens (tertiary/aromatic N) is 1. The number of halogens is 4. The van der Waals surface area contributed by atoms with Crippen LogP contribution in [0.3, 0.4) is 0 Å². The van der Waals surface area contributed by atoms with Gasteiger partial charge in [-0.15, -0.1) is 0 Å². The third kappa shape index (κ3) is 3.13. The van der Waals surface area contributed by atoms with E-state index in [1.54, 1.807) is 4.57 Å². The summed E-state index contributed by atoms with van der Waals surface area (Å²) in [6, 6.07) is 5.46. The van der Waals surface area contributed by atoms with E-state index >= 15 is 0 Å². The molecule has 0 unspecified atom stereocenters. The van der Waals surface area contributed by atoms with Crippen molar-refractivity contribution in [2.75, 3.05) is 6.61 Å². The number of aliphatic carboxylic acids is 1. The number of hydrogen-bond acceptors (Lipinski definition) is 3. The maximum absolute atomic E-state index is 14.9. The number of aromatic hydroxyl groups is 1. The molecular weight excluding hydrogens is 454 g/mol. The van der Waals surface area contributed by atoms with Crippen molar-refractivity contribution in [1.29, 1.82) is 0 Å². The molecule has 5 rings (SSSR count). The number of fused-ring (bicyclic) bond motifs is 4. The highest BCUT2D eigenvalue weighted by Gasteiger charge is 2.55. The number of hydrogen-bond donors (Lipinski definition) is 2. The molecule has 0 amide bonds. The van der Waals surface area contributed by atoms with Crippen LogP contribution in [0.5, 0.6) is 5.75 Å². The van der Waals surface area contributed by atoms with Crippen LogP contribution in [0.1, 0.15) is 50.8 Å². The molecule has 0 saturated heterocycles. The standard InChI is InChI=1S/C25H23F4NO4/c1-23(2)12-34-25(7-5-24(29,6-8-25)22(32)33)20-19-17(9-13(26)10-18(19)31)30(21(20)23)14-3-4-15(27)16(28)11-14/h3-4,9-11,31H,5-8,12H2,1-2H3,(H,32,33). The van der Waals surface area contributed by atoms with E-state index in [4.69, 9.17) is 4.74 Å². The maximum Gasteiger partial charge on any atom is 0.341 e. The minimum absolute atomic E-state index is 0.0204. The zero-order chi connectivity index (χ0) is 24.6. The zero-order valence-electron chi connectivity index (χ0n) is 18.6. The van der Waals surface area contributed by atoms with E-state index in [-0.39, 0.29) is 54.6 Å². The second-order valence-electron chi connectivity index (χ2n) is 9.91. The molecule has 1 fully saturated rings. The van der Waals surface area contributed by atoms with Gasteiger partial charge in [0.15, 0.2) is 11.6 Å². The van der Waals surface area contributed by atoms with Gasteiger partial charge in [0.1, 0.15) is 11.6 Å². The molecule has 34 heavy (non-hydrogen) atoms. The van der Waals surface area contributed by atoms with Crippen LogP contribution >= 0.6 is 0 Å². The number of phenolic OH excluding ortho intramolecular Hbond substituents is 1. The Bertz CT molecular complexity index is 1340. The summed E-state index contributed by atoms with van der Waals surface area (Å²) in [6.45, 7) is 3.89. The first kappa shape index (κ1) is 22.7. The van der Waals surface area contributed by atoms with Crippen LogP contribution < -0.4 is 0 Å². The van der Waals surface area contributed by atoms with Gasteiger partial charge in [0.25, 0.3) is 0 Å². The van der Waals surface area contributed by atoms with E-state index in [1.165, 1.54) is 12.1 Å². The number of rotatable bonds is 2. The van der Waals surface area contributed by atoms with Crippen LogP contribution in [0.15, 0.2) is 30.3 Å². The van der Waals surface area contributed by atoms with E-state index in [2.05, 4.69) is 0 Å². The van der Waals surface area contributed by atoms with E-state index < -0.39 is 40.1 Å². The number of alkyl halides is 1. The fraction of sp³-hybridized carbons (Fsp3) is 0.400. The molecule has 180 valence electrons. The Morgan fingerprint density at radius 3 is 2.32 bits per heavy atom.